The molecule has 1 aliphatic heterocycles. The fourth-order valence-corrected chi connectivity index (χ4v) is 4.55. The standard InChI is InChI=1S/C24H33N5O/c1-19-18-22(26-21-10-6-3-7-11-21)27-24(25-19)29-16-14-28(15-17-29)23(30)13-12-20-8-4-2-5-9-20/h3,6-7,10-11,18,20H,2,4-5,8-9,12-17H2,1H3,(H,25,26,27). The van der Waals surface area contributed by atoms with Crippen LogP contribution in [0.4, 0.5) is 17.5 Å². The normalized spacial score (nSPS) is 17.8. The molecule has 2 heterocycles. The highest BCUT2D eigenvalue weighted by Gasteiger charge is 2.24. The van der Waals surface area contributed by atoms with E-state index in [2.05, 4.69) is 15.2 Å². The monoisotopic (exact) mass is 407 g/mol. The number of piperazine rings is 1. The average molecular weight is 408 g/mol. The van der Waals surface area contributed by atoms with Gasteiger partial charge in [0.25, 0.3) is 0 Å². The molecule has 0 radical (unpaired) electrons. The molecule has 0 bridgehead atoms. The Balaban J connectivity index is 1.30. The largest absolute Gasteiger partial charge is 0.340 e. The van der Waals surface area contributed by atoms with Crippen LogP contribution in [0.1, 0.15) is 50.6 Å². The number of amides is 1. The van der Waals surface area contributed by atoms with Crippen molar-refractivity contribution in [2.24, 2.45) is 5.92 Å². The van der Waals surface area contributed by atoms with Crippen LogP contribution in [0.5, 0.6) is 0 Å². The summed E-state index contributed by atoms with van der Waals surface area (Å²) in [6.07, 6.45) is 8.45. The van der Waals surface area contributed by atoms with Crippen molar-refractivity contribution in [2.75, 3.05) is 36.4 Å². The first-order valence-corrected chi connectivity index (χ1v) is 11.4. The fourth-order valence-electron chi connectivity index (χ4n) is 4.55. The molecule has 2 aromatic rings. The van der Waals surface area contributed by atoms with Crippen LogP contribution in [0.25, 0.3) is 0 Å². The quantitative estimate of drug-likeness (QED) is 0.762. The van der Waals surface area contributed by atoms with E-state index in [0.717, 1.165) is 61.7 Å². The van der Waals surface area contributed by atoms with Gasteiger partial charge in [0.2, 0.25) is 11.9 Å². The summed E-state index contributed by atoms with van der Waals surface area (Å²) in [5.74, 6) is 2.62. The van der Waals surface area contributed by atoms with Gasteiger partial charge in [-0.2, -0.15) is 4.98 Å². The van der Waals surface area contributed by atoms with Crippen LogP contribution in [-0.4, -0.2) is 47.0 Å². The maximum Gasteiger partial charge on any atom is 0.227 e. The minimum Gasteiger partial charge on any atom is -0.340 e. The Kier molecular flexibility index (Phi) is 6.82. The Hall–Kier alpha value is -2.63. The highest BCUT2D eigenvalue weighted by molar-refractivity contribution is 5.76. The number of benzene rings is 1. The van der Waals surface area contributed by atoms with Crippen molar-refractivity contribution >= 4 is 23.4 Å². The van der Waals surface area contributed by atoms with Gasteiger partial charge in [-0.25, -0.2) is 4.98 Å². The Morgan fingerprint density at radius 1 is 1.03 bits per heavy atom. The van der Waals surface area contributed by atoms with Crippen molar-refractivity contribution < 1.29 is 4.79 Å². The van der Waals surface area contributed by atoms with Crippen molar-refractivity contribution in [3.63, 3.8) is 0 Å². The first kappa shape index (κ1) is 20.6. The summed E-state index contributed by atoms with van der Waals surface area (Å²) in [5, 5.41) is 3.36. The third kappa shape index (κ3) is 5.49. The van der Waals surface area contributed by atoms with Gasteiger partial charge in [0, 0.05) is 50.0 Å². The molecule has 2 fully saturated rings. The Labute approximate surface area is 179 Å². The molecule has 1 aromatic carbocycles. The molecule has 30 heavy (non-hydrogen) atoms. The van der Waals surface area contributed by atoms with Crippen LogP contribution < -0.4 is 10.2 Å². The molecule has 160 valence electrons. The van der Waals surface area contributed by atoms with E-state index in [4.69, 9.17) is 4.98 Å². The third-order valence-corrected chi connectivity index (χ3v) is 6.30. The molecule has 1 saturated heterocycles. The zero-order chi connectivity index (χ0) is 20.8. The van der Waals surface area contributed by atoms with Crippen LogP contribution in [0.3, 0.4) is 0 Å². The van der Waals surface area contributed by atoms with Gasteiger partial charge in [-0.3, -0.25) is 4.79 Å². The second-order valence-electron chi connectivity index (χ2n) is 8.60. The molecule has 1 aromatic heterocycles. The predicted octanol–water partition coefficient (Wildman–Crippen LogP) is 4.54. The van der Waals surface area contributed by atoms with E-state index >= 15 is 0 Å². The first-order valence-electron chi connectivity index (χ1n) is 11.4. The number of hydrogen-bond acceptors (Lipinski definition) is 5. The highest BCUT2D eigenvalue weighted by Crippen LogP contribution is 2.27. The molecule has 0 unspecified atom stereocenters. The molecule has 1 saturated carbocycles. The number of aromatic nitrogens is 2. The average Bonchev–Trinajstić information content (AvgIpc) is 2.78. The number of rotatable bonds is 6. The number of carbonyl (C=O) groups excluding carboxylic acids is 1. The van der Waals surface area contributed by atoms with E-state index < -0.39 is 0 Å². The molecule has 2 aliphatic rings. The summed E-state index contributed by atoms with van der Waals surface area (Å²) in [4.78, 5) is 26.2. The van der Waals surface area contributed by atoms with Gasteiger partial charge >= 0.3 is 0 Å². The fraction of sp³-hybridized carbons (Fsp3) is 0.542. The lowest BCUT2D eigenvalue weighted by molar-refractivity contribution is -0.131. The van der Waals surface area contributed by atoms with E-state index in [1.165, 1.54) is 32.1 Å². The zero-order valence-corrected chi connectivity index (χ0v) is 18.0. The highest BCUT2D eigenvalue weighted by atomic mass is 16.2. The minimum absolute atomic E-state index is 0.316. The minimum atomic E-state index is 0.316. The lowest BCUT2D eigenvalue weighted by Crippen LogP contribution is -2.49. The van der Waals surface area contributed by atoms with Crippen molar-refractivity contribution in [1.29, 1.82) is 0 Å². The predicted molar refractivity (Wildman–Crippen MR) is 121 cm³/mol. The van der Waals surface area contributed by atoms with Gasteiger partial charge in [0.05, 0.1) is 0 Å². The van der Waals surface area contributed by atoms with E-state index in [0.29, 0.717) is 12.3 Å². The number of nitrogens with one attached hydrogen (secondary N) is 1. The van der Waals surface area contributed by atoms with Crippen molar-refractivity contribution in [3.8, 4) is 0 Å². The lowest BCUT2D eigenvalue weighted by atomic mass is 9.86. The number of carbonyl (C=O) groups is 1. The molecular weight excluding hydrogens is 374 g/mol. The van der Waals surface area contributed by atoms with Gasteiger partial charge in [0.15, 0.2) is 0 Å². The summed E-state index contributed by atoms with van der Waals surface area (Å²) < 4.78 is 0. The second kappa shape index (κ2) is 9.92. The van der Waals surface area contributed by atoms with E-state index in [-0.39, 0.29) is 0 Å². The molecule has 1 amide bonds. The first-order chi connectivity index (χ1) is 14.7. The maximum atomic E-state index is 12.7. The topological polar surface area (TPSA) is 61.4 Å². The van der Waals surface area contributed by atoms with Crippen molar-refractivity contribution in [3.05, 3.63) is 42.1 Å². The lowest BCUT2D eigenvalue weighted by Gasteiger charge is -2.35. The number of para-hydroxylation sites is 1. The van der Waals surface area contributed by atoms with Crippen molar-refractivity contribution in [1.82, 2.24) is 14.9 Å². The van der Waals surface area contributed by atoms with Crippen LogP contribution in [0.2, 0.25) is 0 Å². The number of nitrogens with zero attached hydrogens (tertiary/aromatic N) is 4. The van der Waals surface area contributed by atoms with Gasteiger partial charge in [-0.05, 0) is 31.4 Å². The molecule has 6 nitrogen and oxygen atoms in total. The number of aryl methyl sites for hydroxylation is 1. The molecular formula is C24H33N5O. The van der Waals surface area contributed by atoms with Crippen LogP contribution in [0.15, 0.2) is 36.4 Å². The number of hydrogen-bond donors (Lipinski definition) is 1. The molecule has 1 aliphatic carbocycles. The summed E-state index contributed by atoms with van der Waals surface area (Å²) in [7, 11) is 0. The van der Waals surface area contributed by atoms with Gasteiger partial charge < -0.3 is 15.1 Å². The van der Waals surface area contributed by atoms with Gasteiger partial charge in [0.1, 0.15) is 5.82 Å². The van der Waals surface area contributed by atoms with Gasteiger partial charge in [-0.15, -0.1) is 0 Å². The van der Waals surface area contributed by atoms with E-state index in [1.807, 2.05) is 48.2 Å². The Bertz CT molecular complexity index is 827. The van der Waals surface area contributed by atoms with Crippen LogP contribution >= 0.6 is 0 Å². The SMILES string of the molecule is Cc1cc(Nc2ccccc2)nc(N2CCN(C(=O)CCC3CCCCC3)CC2)n1. The van der Waals surface area contributed by atoms with Crippen molar-refractivity contribution in [2.45, 2.75) is 51.9 Å². The Morgan fingerprint density at radius 3 is 2.50 bits per heavy atom. The zero-order valence-electron chi connectivity index (χ0n) is 18.0. The van der Waals surface area contributed by atoms with Crippen LogP contribution in [-0.2, 0) is 4.79 Å². The summed E-state index contributed by atoms with van der Waals surface area (Å²) in [6.45, 7) is 5.06. The number of anilines is 3. The summed E-state index contributed by atoms with van der Waals surface area (Å²) in [5.41, 5.74) is 1.94. The van der Waals surface area contributed by atoms with E-state index in [9.17, 15) is 4.79 Å². The van der Waals surface area contributed by atoms with Gasteiger partial charge in [-0.1, -0.05) is 50.3 Å². The molecule has 1 N–H and O–H groups in total. The maximum absolute atomic E-state index is 12.7. The second-order valence-corrected chi connectivity index (χ2v) is 8.60. The molecule has 6 heteroatoms. The molecule has 0 spiro atoms. The molecule has 0 atom stereocenters. The summed E-state index contributed by atoms with van der Waals surface area (Å²) in [6, 6.07) is 12.0. The summed E-state index contributed by atoms with van der Waals surface area (Å²) >= 11 is 0. The molecule has 4 rings (SSSR count). The smallest absolute Gasteiger partial charge is 0.227 e. The van der Waals surface area contributed by atoms with Crippen LogP contribution in [0, 0.1) is 12.8 Å². The van der Waals surface area contributed by atoms with E-state index in [1.54, 1.807) is 0 Å². The third-order valence-electron chi connectivity index (χ3n) is 6.30. The Morgan fingerprint density at radius 2 is 1.77 bits per heavy atom.